The minimum absolute atomic E-state index is 0.0218. The number of anilines is 1. The van der Waals surface area contributed by atoms with Crippen LogP contribution in [-0.4, -0.2) is 4.98 Å². The standard InChI is InChI=1S/C12H5Cl3N2O2/c13-7-8(14)11(18)9(15)12-10(7)17-5-2-1-4(16)3-6(5)19-12/h1-3H,16H2. The second kappa shape index (κ2) is 4.27. The van der Waals surface area contributed by atoms with Crippen LogP contribution >= 0.6 is 34.8 Å². The van der Waals surface area contributed by atoms with Gasteiger partial charge < -0.3 is 10.2 Å². The van der Waals surface area contributed by atoms with Crippen LogP contribution in [0.4, 0.5) is 5.69 Å². The molecular weight excluding hydrogens is 311 g/mol. The van der Waals surface area contributed by atoms with Crippen molar-refractivity contribution in [3.8, 4) is 11.5 Å². The number of hydrogen-bond acceptors (Lipinski definition) is 4. The Morgan fingerprint density at radius 1 is 1.11 bits per heavy atom. The van der Waals surface area contributed by atoms with Crippen molar-refractivity contribution in [2.45, 2.75) is 0 Å². The average Bonchev–Trinajstić information content (AvgIpc) is 2.41. The molecular formula is C12H5Cl3N2O2. The molecule has 0 radical (unpaired) electrons. The van der Waals surface area contributed by atoms with Gasteiger partial charge in [-0.05, 0) is 12.1 Å². The van der Waals surface area contributed by atoms with Gasteiger partial charge in [0, 0.05) is 11.8 Å². The molecule has 0 saturated carbocycles. The summed E-state index contributed by atoms with van der Waals surface area (Å²) in [6, 6.07) is 4.94. The topological polar surface area (TPSA) is 69.1 Å². The zero-order valence-electron chi connectivity index (χ0n) is 9.21. The van der Waals surface area contributed by atoms with Crippen LogP contribution in [0.2, 0.25) is 15.1 Å². The Labute approximate surface area is 122 Å². The van der Waals surface area contributed by atoms with Crippen molar-refractivity contribution in [1.29, 1.82) is 0 Å². The summed E-state index contributed by atoms with van der Waals surface area (Å²) in [5.74, 6) is 0.0965. The summed E-state index contributed by atoms with van der Waals surface area (Å²) >= 11 is 17.7. The largest absolute Gasteiger partial charge is 0.451 e. The zero-order valence-corrected chi connectivity index (χ0v) is 11.5. The first-order valence-electron chi connectivity index (χ1n) is 5.15. The van der Waals surface area contributed by atoms with E-state index in [4.69, 9.17) is 45.0 Å². The lowest BCUT2D eigenvalue weighted by Gasteiger charge is -2.10. The van der Waals surface area contributed by atoms with Crippen LogP contribution in [-0.2, 0) is 0 Å². The van der Waals surface area contributed by atoms with Crippen molar-refractivity contribution >= 4 is 51.6 Å². The Balaban J connectivity index is 2.55. The fourth-order valence-corrected chi connectivity index (χ4v) is 2.40. The molecule has 0 spiro atoms. The monoisotopic (exact) mass is 314 g/mol. The average molecular weight is 316 g/mol. The van der Waals surface area contributed by atoms with E-state index in [-0.39, 0.29) is 26.5 Å². The molecule has 7 heteroatoms. The van der Waals surface area contributed by atoms with Crippen LogP contribution < -0.4 is 11.2 Å². The van der Waals surface area contributed by atoms with Crippen LogP contribution in [0.5, 0.6) is 0 Å². The highest BCUT2D eigenvalue weighted by molar-refractivity contribution is 6.45. The van der Waals surface area contributed by atoms with Gasteiger partial charge in [0.1, 0.15) is 21.3 Å². The summed E-state index contributed by atoms with van der Waals surface area (Å²) in [5.41, 5.74) is 6.77. The van der Waals surface area contributed by atoms with Gasteiger partial charge in [0.2, 0.25) is 5.43 Å². The summed E-state index contributed by atoms with van der Waals surface area (Å²) in [7, 11) is 0. The number of benzene rings is 2. The van der Waals surface area contributed by atoms with E-state index < -0.39 is 5.43 Å². The molecule has 0 aromatic heterocycles. The fourth-order valence-electron chi connectivity index (χ4n) is 1.73. The van der Waals surface area contributed by atoms with E-state index >= 15 is 0 Å². The Morgan fingerprint density at radius 3 is 2.58 bits per heavy atom. The van der Waals surface area contributed by atoms with Gasteiger partial charge in [-0.3, -0.25) is 4.79 Å². The Morgan fingerprint density at radius 2 is 1.84 bits per heavy atom. The molecule has 1 aliphatic heterocycles. The third-order valence-corrected chi connectivity index (χ3v) is 3.81. The van der Waals surface area contributed by atoms with Crippen LogP contribution in [0.15, 0.2) is 27.4 Å². The van der Waals surface area contributed by atoms with Crippen molar-refractivity contribution in [2.75, 3.05) is 5.73 Å². The summed E-state index contributed by atoms with van der Waals surface area (Å²) in [5, 5.41) is -0.300. The van der Waals surface area contributed by atoms with Crippen molar-refractivity contribution < 1.29 is 4.42 Å². The van der Waals surface area contributed by atoms with E-state index in [0.717, 1.165) is 0 Å². The first-order valence-corrected chi connectivity index (χ1v) is 6.29. The Bertz CT molecular complexity index is 845. The summed E-state index contributed by atoms with van der Waals surface area (Å²) in [6.45, 7) is 0. The minimum Gasteiger partial charge on any atom is -0.451 e. The molecule has 0 amide bonds. The predicted molar refractivity (Wildman–Crippen MR) is 76.3 cm³/mol. The van der Waals surface area contributed by atoms with Crippen LogP contribution in [0.25, 0.3) is 22.6 Å². The van der Waals surface area contributed by atoms with Crippen molar-refractivity contribution in [3.05, 3.63) is 43.5 Å². The molecule has 3 rings (SSSR count). The fraction of sp³-hybridized carbons (Fsp3) is 0. The van der Waals surface area contributed by atoms with E-state index in [0.29, 0.717) is 16.8 Å². The lowest BCUT2D eigenvalue weighted by molar-refractivity contribution is 0.613. The quantitative estimate of drug-likeness (QED) is 0.389. The number of nitrogens with two attached hydrogens (primary N) is 1. The molecule has 0 fully saturated rings. The summed E-state index contributed by atoms with van der Waals surface area (Å²) in [6.07, 6.45) is 0. The van der Waals surface area contributed by atoms with Crippen molar-refractivity contribution in [1.82, 2.24) is 4.98 Å². The van der Waals surface area contributed by atoms with Crippen LogP contribution in [0.3, 0.4) is 0 Å². The summed E-state index contributed by atoms with van der Waals surface area (Å²) < 4.78 is 5.56. The molecule has 0 bridgehead atoms. The third kappa shape index (κ3) is 1.84. The van der Waals surface area contributed by atoms with Crippen LogP contribution in [0, 0.1) is 0 Å². The highest BCUT2D eigenvalue weighted by atomic mass is 35.5. The number of nitrogens with zero attached hydrogens (tertiary/aromatic N) is 1. The van der Waals surface area contributed by atoms with Crippen molar-refractivity contribution in [2.24, 2.45) is 0 Å². The van der Waals surface area contributed by atoms with Crippen LogP contribution in [0.1, 0.15) is 0 Å². The van der Waals surface area contributed by atoms with Gasteiger partial charge in [-0.15, -0.1) is 0 Å². The first-order chi connectivity index (χ1) is 8.99. The lowest BCUT2D eigenvalue weighted by Crippen LogP contribution is -2.07. The molecule has 1 heterocycles. The second-order valence-electron chi connectivity index (χ2n) is 3.89. The number of aromatic nitrogens is 1. The van der Waals surface area contributed by atoms with Gasteiger partial charge >= 0.3 is 0 Å². The van der Waals surface area contributed by atoms with Gasteiger partial charge in [0.15, 0.2) is 11.3 Å². The molecule has 2 aliphatic rings. The van der Waals surface area contributed by atoms with E-state index in [1.165, 1.54) is 0 Å². The van der Waals surface area contributed by atoms with Gasteiger partial charge in [-0.1, -0.05) is 34.8 Å². The van der Waals surface area contributed by atoms with E-state index in [1.54, 1.807) is 18.2 Å². The predicted octanol–water partition coefficient (Wildman–Crippen LogP) is 3.84. The number of hydrogen-bond donors (Lipinski definition) is 1. The second-order valence-corrected chi connectivity index (χ2v) is 5.02. The zero-order chi connectivity index (χ0) is 13.7. The molecule has 1 aromatic rings. The van der Waals surface area contributed by atoms with Gasteiger partial charge in [0.25, 0.3) is 0 Å². The highest BCUT2D eigenvalue weighted by Crippen LogP contribution is 2.38. The van der Waals surface area contributed by atoms with E-state index in [2.05, 4.69) is 4.98 Å². The maximum atomic E-state index is 11.7. The molecule has 1 aromatic carbocycles. The Kier molecular flexibility index (Phi) is 2.82. The first kappa shape index (κ1) is 12.5. The van der Waals surface area contributed by atoms with Gasteiger partial charge in [0.05, 0.1) is 5.02 Å². The Hall–Kier alpha value is -1.49. The normalized spacial score (nSPS) is 11.3. The summed E-state index contributed by atoms with van der Waals surface area (Å²) in [4.78, 5) is 16.0. The van der Waals surface area contributed by atoms with Crippen molar-refractivity contribution in [3.63, 3.8) is 0 Å². The third-order valence-electron chi connectivity index (χ3n) is 2.64. The van der Waals surface area contributed by atoms with E-state index in [1.807, 2.05) is 0 Å². The molecule has 19 heavy (non-hydrogen) atoms. The molecule has 96 valence electrons. The molecule has 0 saturated heterocycles. The smallest absolute Gasteiger partial charge is 0.221 e. The molecule has 4 nitrogen and oxygen atoms in total. The number of halogens is 3. The number of fused-ring (bicyclic) bond motifs is 2. The maximum Gasteiger partial charge on any atom is 0.221 e. The van der Waals surface area contributed by atoms with Gasteiger partial charge in [-0.2, -0.15) is 0 Å². The van der Waals surface area contributed by atoms with Gasteiger partial charge in [-0.25, -0.2) is 4.98 Å². The number of rotatable bonds is 0. The lowest BCUT2D eigenvalue weighted by atomic mass is 10.2. The molecule has 2 N–H and O–H groups in total. The molecule has 1 aliphatic carbocycles. The van der Waals surface area contributed by atoms with E-state index in [9.17, 15) is 4.79 Å². The molecule has 0 unspecified atom stereocenters. The maximum absolute atomic E-state index is 11.7. The number of nitrogen functional groups attached to an aromatic ring is 1. The minimum atomic E-state index is -0.588. The molecule has 0 atom stereocenters. The SMILES string of the molecule is Nc1ccc2nc3c(Cl)c(Cl)c(=O)c(Cl)c-3oc2c1. The highest BCUT2D eigenvalue weighted by Gasteiger charge is 2.23.